The first-order chi connectivity index (χ1) is 28.2. The van der Waals surface area contributed by atoms with Crippen molar-refractivity contribution in [1.82, 2.24) is 35.8 Å². The van der Waals surface area contributed by atoms with Crippen LogP contribution in [0.4, 0.5) is 0 Å². The summed E-state index contributed by atoms with van der Waals surface area (Å²) in [5, 5.41) is 10.0. The van der Waals surface area contributed by atoms with Crippen LogP contribution in [0, 0.1) is 10.8 Å². The molecule has 5 heterocycles. The van der Waals surface area contributed by atoms with Crippen LogP contribution in [-0.2, 0) is 23.9 Å². The van der Waals surface area contributed by atoms with Crippen molar-refractivity contribution in [2.24, 2.45) is 10.8 Å². The molecule has 16 nitrogen and oxygen atoms in total. The van der Waals surface area contributed by atoms with Crippen molar-refractivity contribution in [2.75, 3.05) is 39.5 Å². The third kappa shape index (κ3) is 9.23. The minimum Gasteiger partial charge on any atom is -0.483 e. The molecule has 0 spiro atoms. The summed E-state index contributed by atoms with van der Waals surface area (Å²) in [6, 6.07) is 15.1. The first-order valence-electron chi connectivity index (χ1n) is 19.2. The number of hydrogen-bond donors (Lipinski definition) is 4. The monoisotopic (exact) mass is 803 g/mol. The van der Waals surface area contributed by atoms with Crippen molar-refractivity contribution in [2.45, 2.75) is 46.6 Å². The van der Waals surface area contributed by atoms with Gasteiger partial charge in [-0.15, -0.1) is 0 Å². The number of amides is 6. The van der Waals surface area contributed by atoms with Crippen molar-refractivity contribution in [1.29, 1.82) is 0 Å². The van der Waals surface area contributed by atoms with Gasteiger partial charge in [-0.1, -0.05) is 45.9 Å². The molecular formula is C43H45N7O9. The van der Waals surface area contributed by atoms with E-state index in [1.807, 2.05) is 52.1 Å². The van der Waals surface area contributed by atoms with Crippen LogP contribution in [0.1, 0.15) is 61.3 Å². The Hall–Kier alpha value is -6.68. The Morgan fingerprint density at radius 3 is 2.22 bits per heavy atom. The predicted octanol–water partition coefficient (Wildman–Crippen LogP) is 3.94. The maximum absolute atomic E-state index is 13.3. The standard InChI is InChI=1S/C43H45N7O9/c1-42(2,21-46-35(52)19-58-33-7-5-6-28-38(33)41(56)50(40(28)55)32-11-12-34(51)49-39(32)54)23-57-24-43(3,4)22-47-36(53)20-59-37-13-9-26(17-45-37)25-8-10-27-29-18-44-15-14-30(29)48-31(27)16-25/h5-10,13-18,32,48H,11-12,19-24H2,1-4H3,(H,46,52)(H,47,53)(H,49,51,54). The van der Waals surface area contributed by atoms with Gasteiger partial charge in [0.15, 0.2) is 13.2 Å². The Kier molecular flexibility index (Phi) is 11.4. The van der Waals surface area contributed by atoms with Crippen molar-refractivity contribution < 1.29 is 43.0 Å². The summed E-state index contributed by atoms with van der Waals surface area (Å²) < 4.78 is 17.3. The molecule has 16 heteroatoms. The van der Waals surface area contributed by atoms with E-state index in [0.717, 1.165) is 37.8 Å². The summed E-state index contributed by atoms with van der Waals surface area (Å²) in [6.45, 7) is 8.40. The van der Waals surface area contributed by atoms with Gasteiger partial charge in [0, 0.05) is 82.4 Å². The molecule has 2 aliphatic rings. The smallest absolute Gasteiger partial charge is 0.266 e. The molecule has 1 unspecified atom stereocenters. The number of H-pyrrole nitrogens is 1. The molecule has 2 aromatic carbocycles. The van der Waals surface area contributed by atoms with Crippen molar-refractivity contribution in [3.05, 3.63) is 84.3 Å². The molecule has 3 aromatic heterocycles. The lowest BCUT2D eigenvalue weighted by molar-refractivity contribution is -0.136. The van der Waals surface area contributed by atoms with Gasteiger partial charge in [0.05, 0.1) is 24.3 Å². The zero-order chi connectivity index (χ0) is 41.9. The number of fused-ring (bicyclic) bond motifs is 4. The SMILES string of the molecule is CC(C)(CNC(=O)COc1ccc(-c2ccc3c(c2)[nH]c2ccncc23)cn1)COCC(C)(C)CNC(=O)COc1cccc2c1C(=O)N(C1CCC(=O)NC1=O)C2=O. The second-order valence-corrected chi connectivity index (χ2v) is 16.3. The van der Waals surface area contributed by atoms with Gasteiger partial charge in [0.25, 0.3) is 23.6 Å². The third-order valence-corrected chi connectivity index (χ3v) is 10.1. The number of benzene rings is 2. The zero-order valence-corrected chi connectivity index (χ0v) is 33.2. The molecule has 0 radical (unpaired) electrons. The Morgan fingerprint density at radius 2 is 1.53 bits per heavy atom. The third-order valence-electron chi connectivity index (χ3n) is 10.1. The Bertz CT molecular complexity index is 2460. The van der Waals surface area contributed by atoms with Gasteiger partial charge >= 0.3 is 0 Å². The van der Waals surface area contributed by atoms with Crippen LogP contribution in [0.5, 0.6) is 11.6 Å². The number of nitrogens with zero attached hydrogens (tertiary/aromatic N) is 3. The highest BCUT2D eigenvalue weighted by Gasteiger charge is 2.46. The zero-order valence-electron chi connectivity index (χ0n) is 33.2. The van der Waals surface area contributed by atoms with Gasteiger partial charge in [0.1, 0.15) is 11.8 Å². The molecule has 59 heavy (non-hydrogen) atoms. The van der Waals surface area contributed by atoms with Gasteiger partial charge in [0.2, 0.25) is 17.7 Å². The summed E-state index contributed by atoms with van der Waals surface area (Å²) >= 11 is 0. The van der Waals surface area contributed by atoms with E-state index in [4.69, 9.17) is 14.2 Å². The largest absolute Gasteiger partial charge is 0.483 e. The molecule has 5 aromatic rings. The molecule has 2 aliphatic heterocycles. The van der Waals surface area contributed by atoms with Crippen LogP contribution in [-0.4, -0.2) is 101 Å². The normalized spacial score (nSPS) is 15.7. The van der Waals surface area contributed by atoms with Crippen LogP contribution in [0.3, 0.4) is 0 Å². The molecule has 7 rings (SSSR count). The number of aromatic amines is 1. The predicted molar refractivity (Wildman–Crippen MR) is 215 cm³/mol. The highest BCUT2D eigenvalue weighted by atomic mass is 16.5. The molecule has 306 valence electrons. The fourth-order valence-electron chi connectivity index (χ4n) is 6.93. The topological polar surface area (TPSA) is 211 Å². The Morgan fingerprint density at radius 1 is 0.814 bits per heavy atom. The lowest BCUT2D eigenvalue weighted by Gasteiger charge is -2.29. The molecule has 0 aliphatic carbocycles. The average molecular weight is 804 g/mol. The number of piperidine rings is 1. The summed E-state index contributed by atoms with van der Waals surface area (Å²) in [4.78, 5) is 88.7. The van der Waals surface area contributed by atoms with E-state index in [0.29, 0.717) is 25.6 Å². The van der Waals surface area contributed by atoms with E-state index in [1.165, 1.54) is 18.2 Å². The highest BCUT2D eigenvalue weighted by molar-refractivity contribution is 6.24. The summed E-state index contributed by atoms with van der Waals surface area (Å²) in [6.07, 6.45) is 5.35. The summed E-state index contributed by atoms with van der Waals surface area (Å²) in [5.41, 5.74) is 3.08. The van der Waals surface area contributed by atoms with Crippen LogP contribution >= 0.6 is 0 Å². The summed E-state index contributed by atoms with van der Waals surface area (Å²) in [5.74, 6) is -2.95. The number of pyridine rings is 2. The van der Waals surface area contributed by atoms with E-state index in [-0.39, 0.29) is 48.8 Å². The number of aromatic nitrogens is 3. The number of carbonyl (C=O) groups is 6. The molecule has 0 bridgehead atoms. The lowest BCUT2D eigenvalue weighted by Crippen LogP contribution is -2.54. The van der Waals surface area contributed by atoms with Crippen LogP contribution < -0.4 is 25.4 Å². The number of carbonyl (C=O) groups excluding carboxylic acids is 6. The molecule has 4 N–H and O–H groups in total. The quantitative estimate of drug-likeness (QED) is 0.105. The summed E-state index contributed by atoms with van der Waals surface area (Å²) in [7, 11) is 0. The molecule has 1 saturated heterocycles. The molecular weight excluding hydrogens is 759 g/mol. The van der Waals surface area contributed by atoms with E-state index in [9.17, 15) is 28.8 Å². The van der Waals surface area contributed by atoms with E-state index >= 15 is 0 Å². The van der Waals surface area contributed by atoms with Gasteiger partial charge in [-0.3, -0.25) is 44.0 Å². The Balaban J connectivity index is 0.805. The maximum atomic E-state index is 13.3. The van der Waals surface area contributed by atoms with Crippen molar-refractivity contribution in [3.63, 3.8) is 0 Å². The van der Waals surface area contributed by atoms with Crippen LogP contribution in [0.15, 0.2) is 73.2 Å². The van der Waals surface area contributed by atoms with E-state index in [2.05, 4.69) is 43.0 Å². The lowest BCUT2D eigenvalue weighted by atomic mass is 9.93. The number of imide groups is 2. The number of ether oxygens (including phenoxy) is 3. The van der Waals surface area contributed by atoms with Crippen molar-refractivity contribution in [3.8, 4) is 22.8 Å². The van der Waals surface area contributed by atoms with Gasteiger partial charge < -0.3 is 29.8 Å². The number of rotatable bonds is 16. The number of nitrogens with one attached hydrogen (secondary N) is 4. The first kappa shape index (κ1) is 40.5. The molecule has 1 fully saturated rings. The minimum atomic E-state index is -1.11. The van der Waals surface area contributed by atoms with Crippen LogP contribution in [0.25, 0.3) is 32.9 Å². The average Bonchev–Trinajstić information content (AvgIpc) is 3.71. The maximum Gasteiger partial charge on any atom is 0.266 e. The first-order valence-corrected chi connectivity index (χ1v) is 19.2. The fraction of sp³-hybridized carbons (Fsp3) is 0.349. The minimum absolute atomic E-state index is 0.00204. The van der Waals surface area contributed by atoms with Gasteiger partial charge in [-0.05, 0) is 42.3 Å². The van der Waals surface area contributed by atoms with Gasteiger partial charge in [-0.2, -0.15) is 0 Å². The second kappa shape index (κ2) is 16.7. The fourth-order valence-corrected chi connectivity index (χ4v) is 6.93. The van der Waals surface area contributed by atoms with Gasteiger partial charge in [-0.25, -0.2) is 4.98 Å². The van der Waals surface area contributed by atoms with E-state index < -0.39 is 53.0 Å². The molecule has 0 saturated carbocycles. The molecule has 6 amide bonds. The Labute approximate surface area is 339 Å². The number of hydrogen-bond acceptors (Lipinski definition) is 11. The van der Waals surface area contributed by atoms with Crippen molar-refractivity contribution >= 4 is 57.2 Å². The van der Waals surface area contributed by atoms with E-state index in [1.54, 1.807) is 18.5 Å². The second-order valence-electron chi connectivity index (χ2n) is 16.3. The highest BCUT2D eigenvalue weighted by Crippen LogP contribution is 2.34. The van der Waals surface area contributed by atoms with Crippen LogP contribution in [0.2, 0.25) is 0 Å². The molecule has 1 atom stereocenters.